The van der Waals surface area contributed by atoms with Gasteiger partial charge in [0.15, 0.2) is 0 Å². The van der Waals surface area contributed by atoms with Gasteiger partial charge in [0, 0.05) is 0 Å². The summed E-state index contributed by atoms with van der Waals surface area (Å²) >= 11 is 1.77. The molecule has 0 spiro atoms. The van der Waals surface area contributed by atoms with Crippen LogP contribution in [0.2, 0.25) is 12.6 Å². The third-order valence-electron chi connectivity index (χ3n) is 3.63. The van der Waals surface area contributed by atoms with E-state index in [4.69, 9.17) is 0 Å². The van der Waals surface area contributed by atoms with Gasteiger partial charge in [0.1, 0.15) is 0 Å². The Labute approximate surface area is 178 Å². The van der Waals surface area contributed by atoms with E-state index in [0.29, 0.717) is 0 Å². The second-order valence-corrected chi connectivity index (χ2v) is 14.0. The van der Waals surface area contributed by atoms with Gasteiger partial charge in [-0.05, 0) is 0 Å². The number of benzene rings is 2. The monoisotopic (exact) mass is 462 g/mol. The van der Waals surface area contributed by atoms with Gasteiger partial charge in [0.2, 0.25) is 0 Å². The van der Waals surface area contributed by atoms with Gasteiger partial charge >= 0.3 is 48.3 Å². The zero-order chi connectivity index (χ0) is 16.5. The molecule has 0 bridgehead atoms. The SMILES string of the molecule is CC[Si](C)=[Zr+2].[Cl-].[Cl-].c1ccc2[cH-]ccc2c1.c1ccc2[cH-]ccc2c1. The summed E-state index contributed by atoms with van der Waals surface area (Å²) in [6, 6.07) is 30.8. The predicted molar refractivity (Wildman–Crippen MR) is 101 cm³/mol. The van der Waals surface area contributed by atoms with E-state index in [1.165, 1.54) is 27.6 Å². The van der Waals surface area contributed by atoms with Crippen LogP contribution in [0.5, 0.6) is 0 Å². The normalized spacial score (nSPS) is 8.96. The molecule has 0 radical (unpaired) electrons. The van der Waals surface area contributed by atoms with E-state index in [1.54, 1.807) is 23.3 Å². The van der Waals surface area contributed by atoms with Gasteiger partial charge in [-0.15, -0.1) is 59.3 Å². The number of hydrogen-bond donors (Lipinski definition) is 0. The molecular formula is C21H22Cl2SiZr-2. The summed E-state index contributed by atoms with van der Waals surface area (Å²) in [5, 5.41) is 5.32. The molecule has 0 nitrogen and oxygen atoms in total. The van der Waals surface area contributed by atoms with Crippen molar-refractivity contribution in [2.75, 3.05) is 0 Å². The van der Waals surface area contributed by atoms with Crippen molar-refractivity contribution < 1.29 is 48.1 Å². The summed E-state index contributed by atoms with van der Waals surface area (Å²) in [6.45, 7) is 4.63. The smallest absolute Gasteiger partial charge is 0.0809 e. The average Bonchev–Trinajstić information content (AvgIpc) is 3.24. The molecule has 0 heterocycles. The minimum Gasteiger partial charge on any atom is -1.00 e. The van der Waals surface area contributed by atoms with Crippen molar-refractivity contribution in [3.05, 3.63) is 84.9 Å². The zero-order valence-electron chi connectivity index (χ0n) is 14.5. The number of fused-ring (bicyclic) bond motifs is 2. The molecule has 0 N–H and O–H groups in total. The molecule has 4 aromatic carbocycles. The van der Waals surface area contributed by atoms with Crippen LogP contribution in [0.15, 0.2) is 84.9 Å². The van der Waals surface area contributed by atoms with Crippen LogP contribution < -0.4 is 24.8 Å². The molecule has 0 unspecified atom stereocenters. The minimum atomic E-state index is 0. The van der Waals surface area contributed by atoms with Crippen LogP contribution in [-0.4, -0.2) is 5.43 Å². The van der Waals surface area contributed by atoms with Gasteiger partial charge < -0.3 is 24.8 Å². The van der Waals surface area contributed by atoms with Crippen LogP contribution in [0, 0.1) is 0 Å². The summed E-state index contributed by atoms with van der Waals surface area (Å²) in [6.07, 6.45) is 0. The summed E-state index contributed by atoms with van der Waals surface area (Å²) in [4.78, 5) is 0. The molecule has 0 amide bonds. The Kier molecular flexibility index (Phi) is 13.2. The average molecular weight is 465 g/mol. The van der Waals surface area contributed by atoms with Crippen LogP contribution in [-0.2, 0) is 23.3 Å². The van der Waals surface area contributed by atoms with Gasteiger partial charge in [-0.2, -0.15) is 35.0 Å². The van der Waals surface area contributed by atoms with Crippen molar-refractivity contribution >= 4 is 27.0 Å². The quantitative estimate of drug-likeness (QED) is 0.281. The molecule has 0 saturated heterocycles. The summed E-state index contributed by atoms with van der Waals surface area (Å²) < 4.78 is 0. The van der Waals surface area contributed by atoms with E-state index in [1.807, 2.05) is 0 Å². The number of rotatable bonds is 1. The molecule has 0 fully saturated rings. The van der Waals surface area contributed by atoms with Crippen molar-refractivity contribution in [1.82, 2.24) is 0 Å². The predicted octanol–water partition coefficient (Wildman–Crippen LogP) is 0.300. The molecule has 25 heavy (non-hydrogen) atoms. The first-order chi connectivity index (χ1) is 11.2. The van der Waals surface area contributed by atoms with Crippen molar-refractivity contribution in [2.45, 2.75) is 19.5 Å². The third kappa shape index (κ3) is 8.51. The second kappa shape index (κ2) is 13.5. The molecule has 0 atom stereocenters. The molecule has 0 saturated carbocycles. The molecule has 0 aliphatic carbocycles. The van der Waals surface area contributed by atoms with Crippen molar-refractivity contribution in [2.24, 2.45) is 0 Å². The molecule has 4 rings (SSSR count). The van der Waals surface area contributed by atoms with Gasteiger partial charge in [-0.1, -0.05) is 12.1 Å². The van der Waals surface area contributed by atoms with Crippen LogP contribution >= 0.6 is 0 Å². The summed E-state index contributed by atoms with van der Waals surface area (Å²) in [5.74, 6) is 0. The van der Waals surface area contributed by atoms with E-state index in [-0.39, 0.29) is 30.2 Å². The molecule has 0 aliphatic heterocycles. The number of hydrogen-bond acceptors (Lipinski definition) is 0. The van der Waals surface area contributed by atoms with Crippen molar-refractivity contribution in [3.8, 4) is 0 Å². The Hall–Kier alpha value is -0.660. The van der Waals surface area contributed by atoms with Crippen LogP contribution in [0.4, 0.5) is 0 Å². The second-order valence-electron chi connectivity index (χ2n) is 5.44. The minimum absolute atomic E-state index is 0. The Morgan fingerprint density at radius 2 is 1.12 bits per heavy atom. The van der Waals surface area contributed by atoms with Crippen LogP contribution in [0.25, 0.3) is 21.5 Å². The van der Waals surface area contributed by atoms with Gasteiger partial charge in [0.25, 0.3) is 0 Å². The van der Waals surface area contributed by atoms with E-state index in [0.717, 1.165) is 0 Å². The number of halogens is 2. The zero-order valence-corrected chi connectivity index (χ0v) is 19.5. The topological polar surface area (TPSA) is 0 Å². The van der Waals surface area contributed by atoms with Crippen LogP contribution in [0.3, 0.4) is 0 Å². The summed E-state index contributed by atoms with van der Waals surface area (Å²) in [7, 11) is 0. The first-order valence-electron chi connectivity index (χ1n) is 7.95. The standard InChI is InChI=1S/2C9H7.C3H8Si.2ClH.Zr/c2*1-2-5-9-7-3-6-8(9)4-1;1-3-4-2;;;/h2*1-7H;3H2,1-2H3;2*1H;/q2*-1;;;;+2/p-2. The third-order valence-corrected chi connectivity index (χ3v) is 7.29. The van der Waals surface area contributed by atoms with Crippen molar-refractivity contribution in [1.29, 1.82) is 0 Å². The fourth-order valence-corrected chi connectivity index (χ4v) is 2.14. The van der Waals surface area contributed by atoms with Gasteiger partial charge in [-0.3, -0.25) is 0 Å². The maximum atomic E-state index is 2.36. The first-order valence-corrected chi connectivity index (χ1v) is 13.8. The fourth-order valence-electron chi connectivity index (χ4n) is 2.14. The maximum Gasteiger partial charge on any atom is -0.0809 e. The van der Waals surface area contributed by atoms with Gasteiger partial charge in [0.05, 0.1) is 0 Å². The van der Waals surface area contributed by atoms with Crippen LogP contribution in [0.1, 0.15) is 6.92 Å². The van der Waals surface area contributed by atoms with Gasteiger partial charge in [-0.25, -0.2) is 0 Å². The fraction of sp³-hybridized carbons (Fsp3) is 0.143. The van der Waals surface area contributed by atoms with E-state index in [2.05, 4.69) is 98.4 Å². The first kappa shape index (κ1) is 24.3. The Morgan fingerprint density at radius 3 is 1.44 bits per heavy atom. The van der Waals surface area contributed by atoms with E-state index >= 15 is 0 Å². The molecular weight excluding hydrogens is 442 g/mol. The van der Waals surface area contributed by atoms with E-state index < -0.39 is 0 Å². The molecule has 130 valence electrons. The molecule has 0 aliphatic rings. The Bertz CT molecular complexity index is 738. The van der Waals surface area contributed by atoms with E-state index in [9.17, 15) is 0 Å². The molecule has 4 aromatic rings. The Morgan fingerprint density at radius 1 is 0.760 bits per heavy atom. The Balaban J connectivity index is 0.000000348. The summed E-state index contributed by atoms with van der Waals surface area (Å²) in [5.41, 5.74) is 0.216. The molecule has 0 aromatic heterocycles. The maximum absolute atomic E-state index is 2.36. The largest absolute Gasteiger partial charge is 1.00 e. The molecule has 4 heteroatoms. The van der Waals surface area contributed by atoms with Crippen molar-refractivity contribution in [3.63, 3.8) is 0 Å².